The number of halogens is 1. The highest BCUT2D eigenvalue weighted by Crippen LogP contribution is 2.28. The molecule has 21 heavy (non-hydrogen) atoms. The van der Waals surface area contributed by atoms with Crippen LogP contribution in [0.25, 0.3) is 11.5 Å². The van der Waals surface area contributed by atoms with Gasteiger partial charge < -0.3 is 9.26 Å². The van der Waals surface area contributed by atoms with Crippen LogP contribution >= 0.6 is 22.9 Å². The summed E-state index contributed by atoms with van der Waals surface area (Å²) in [5, 5.41) is 8.42. The lowest BCUT2D eigenvalue weighted by Crippen LogP contribution is -1.96. The predicted molar refractivity (Wildman–Crippen MR) is 82.9 cm³/mol. The standard InChI is InChI=1S/C15H13ClN2O2S/c1-9-3-4-11(15-17-10(2)18-20-15)5-14(9)19-6-12-7-21-8-13(12)16/h3-5,7-8H,6H2,1-2H3. The third-order valence-electron chi connectivity index (χ3n) is 3.03. The molecule has 0 aliphatic carbocycles. The smallest absolute Gasteiger partial charge is 0.258 e. The second-order valence-electron chi connectivity index (χ2n) is 4.66. The zero-order valence-electron chi connectivity index (χ0n) is 11.6. The Morgan fingerprint density at radius 2 is 2.14 bits per heavy atom. The number of nitrogens with zero attached hydrogens (tertiary/aromatic N) is 2. The second-order valence-corrected chi connectivity index (χ2v) is 5.81. The Labute approximate surface area is 131 Å². The highest BCUT2D eigenvalue weighted by atomic mass is 35.5. The minimum absolute atomic E-state index is 0.440. The van der Waals surface area contributed by atoms with Gasteiger partial charge >= 0.3 is 0 Å². The molecule has 0 N–H and O–H groups in total. The van der Waals surface area contributed by atoms with Crippen LogP contribution in [-0.4, -0.2) is 10.1 Å². The van der Waals surface area contributed by atoms with Gasteiger partial charge in [-0.05, 0) is 36.9 Å². The molecule has 1 aromatic carbocycles. The lowest BCUT2D eigenvalue weighted by atomic mass is 10.1. The molecular weight excluding hydrogens is 308 g/mol. The van der Waals surface area contributed by atoms with E-state index in [0.29, 0.717) is 18.3 Å². The van der Waals surface area contributed by atoms with E-state index in [9.17, 15) is 0 Å². The Morgan fingerprint density at radius 3 is 2.81 bits per heavy atom. The Kier molecular flexibility index (Phi) is 3.94. The molecule has 0 spiro atoms. The number of benzene rings is 1. The quantitative estimate of drug-likeness (QED) is 0.702. The first-order chi connectivity index (χ1) is 10.1. The van der Waals surface area contributed by atoms with Crippen LogP contribution in [0.3, 0.4) is 0 Å². The molecule has 2 aromatic heterocycles. The summed E-state index contributed by atoms with van der Waals surface area (Å²) < 4.78 is 11.0. The first kappa shape index (κ1) is 14.1. The number of hydrogen-bond donors (Lipinski definition) is 0. The molecule has 0 unspecified atom stereocenters. The predicted octanol–water partition coefficient (Wildman–Crippen LogP) is 4.65. The van der Waals surface area contributed by atoms with Crippen molar-refractivity contribution in [3.05, 3.63) is 50.9 Å². The van der Waals surface area contributed by atoms with Gasteiger partial charge in [0.15, 0.2) is 5.82 Å². The maximum absolute atomic E-state index is 6.07. The van der Waals surface area contributed by atoms with Gasteiger partial charge in [-0.3, -0.25) is 0 Å². The van der Waals surface area contributed by atoms with Crippen molar-refractivity contribution in [3.63, 3.8) is 0 Å². The molecule has 0 aliphatic rings. The number of aromatic nitrogens is 2. The summed E-state index contributed by atoms with van der Waals surface area (Å²) in [6, 6.07) is 5.81. The third-order valence-corrected chi connectivity index (χ3v) is 4.31. The first-order valence-electron chi connectivity index (χ1n) is 6.38. The van der Waals surface area contributed by atoms with E-state index in [4.69, 9.17) is 20.9 Å². The lowest BCUT2D eigenvalue weighted by Gasteiger charge is -2.09. The summed E-state index contributed by atoms with van der Waals surface area (Å²) in [6.45, 7) is 4.22. The molecule has 0 saturated carbocycles. The van der Waals surface area contributed by atoms with Gasteiger partial charge in [-0.1, -0.05) is 22.8 Å². The maximum Gasteiger partial charge on any atom is 0.258 e. The van der Waals surface area contributed by atoms with Crippen molar-refractivity contribution in [1.29, 1.82) is 0 Å². The SMILES string of the molecule is Cc1noc(-c2ccc(C)c(OCc3cscc3Cl)c2)n1. The molecule has 108 valence electrons. The van der Waals surface area contributed by atoms with Crippen LogP contribution in [0.2, 0.25) is 5.02 Å². The number of thiophene rings is 1. The summed E-state index contributed by atoms with van der Waals surface area (Å²) in [5.74, 6) is 1.88. The summed E-state index contributed by atoms with van der Waals surface area (Å²) in [7, 11) is 0. The van der Waals surface area contributed by atoms with Gasteiger partial charge in [0.1, 0.15) is 12.4 Å². The highest BCUT2D eigenvalue weighted by Gasteiger charge is 2.10. The van der Waals surface area contributed by atoms with E-state index in [1.165, 1.54) is 0 Å². The van der Waals surface area contributed by atoms with Crippen molar-refractivity contribution >= 4 is 22.9 Å². The Morgan fingerprint density at radius 1 is 1.29 bits per heavy atom. The molecule has 0 bridgehead atoms. The largest absolute Gasteiger partial charge is 0.489 e. The topological polar surface area (TPSA) is 48.2 Å². The molecule has 3 aromatic rings. The summed E-state index contributed by atoms with van der Waals surface area (Å²) >= 11 is 7.64. The number of aryl methyl sites for hydroxylation is 2. The Hall–Kier alpha value is -1.85. The van der Waals surface area contributed by atoms with E-state index in [1.807, 2.05) is 35.9 Å². The van der Waals surface area contributed by atoms with Crippen LogP contribution in [0, 0.1) is 13.8 Å². The van der Waals surface area contributed by atoms with Crippen molar-refractivity contribution in [1.82, 2.24) is 10.1 Å². The number of ether oxygens (including phenoxy) is 1. The van der Waals surface area contributed by atoms with Gasteiger partial charge in [0.05, 0.1) is 5.02 Å². The van der Waals surface area contributed by atoms with Crippen molar-refractivity contribution in [2.75, 3.05) is 0 Å². The van der Waals surface area contributed by atoms with E-state index >= 15 is 0 Å². The van der Waals surface area contributed by atoms with Crippen LogP contribution in [0.4, 0.5) is 0 Å². The minimum atomic E-state index is 0.440. The van der Waals surface area contributed by atoms with E-state index in [2.05, 4.69) is 10.1 Å². The van der Waals surface area contributed by atoms with Crippen molar-refractivity contribution < 1.29 is 9.26 Å². The van der Waals surface area contributed by atoms with Crippen molar-refractivity contribution in [2.24, 2.45) is 0 Å². The highest BCUT2D eigenvalue weighted by molar-refractivity contribution is 7.08. The molecule has 0 radical (unpaired) electrons. The number of rotatable bonds is 4. The number of hydrogen-bond acceptors (Lipinski definition) is 5. The molecule has 0 amide bonds. The van der Waals surface area contributed by atoms with Crippen molar-refractivity contribution in [2.45, 2.75) is 20.5 Å². The van der Waals surface area contributed by atoms with Crippen LogP contribution in [0.1, 0.15) is 17.0 Å². The van der Waals surface area contributed by atoms with Gasteiger partial charge in [-0.25, -0.2) is 0 Å². The van der Waals surface area contributed by atoms with Gasteiger partial charge in [-0.15, -0.1) is 0 Å². The normalized spacial score (nSPS) is 10.8. The van der Waals surface area contributed by atoms with E-state index in [1.54, 1.807) is 18.3 Å². The summed E-state index contributed by atoms with van der Waals surface area (Å²) in [4.78, 5) is 4.22. The third kappa shape index (κ3) is 3.09. The average Bonchev–Trinajstić information content (AvgIpc) is 3.07. The molecule has 4 nitrogen and oxygen atoms in total. The fourth-order valence-corrected chi connectivity index (χ4v) is 2.90. The van der Waals surface area contributed by atoms with Gasteiger partial charge in [0, 0.05) is 16.5 Å². The summed E-state index contributed by atoms with van der Waals surface area (Å²) in [6.07, 6.45) is 0. The van der Waals surface area contributed by atoms with E-state index in [0.717, 1.165) is 27.5 Å². The van der Waals surface area contributed by atoms with Gasteiger partial charge in [-0.2, -0.15) is 16.3 Å². The van der Waals surface area contributed by atoms with E-state index < -0.39 is 0 Å². The molecule has 0 atom stereocenters. The molecule has 6 heteroatoms. The van der Waals surface area contributed by atoms with Crippen LogP contribution < -0.4 is 4.74 Å². The summed E-state index contributed by atoms with van der Waals surface area (Å²) in [5.41, 5.74) is 2.87. The Bertz CT molecular complexity index is 767. The molecule has 3 rings (SSSR count). The van der Waals surface area contributed by atoms with Crippen LogP contribution in [-0.2, 0) is 6.61 Å². The van der Waals surface area contributed by atoms with Gasteiger partial charge in [0.2, 0.25) is 0 Å². The fraction of sp³-hybridized carbons (Fsp3) is 0.200. The molecule has 0 fully saturated rings. The zero-order valence-corrected chi connectivity index (χ0v) is 13.2. The lowest BCUT2D eigenvalue weighted by molar-refractivity contribution is 0.304. The molecule has 0 saturated heterocycles. The molecule has 0 aliphatic heterocycles. The average molecular weight is 321 g/mol. The van der Waals surface area contributed by atoms with E-state index in [-0.39, 0.29) is 0 Å². The van der Waals surface area contributed by atoms with Gasteiger partial charge in [0.25, 0.3) is 5.89 Å². The van der Waals surface area contributed by atoms with Crippen LogP contribution in [0.15, 0.2) is 33.5 Å². The maximum atomic E-state index is 6.07. The molecular formula is C15H13ClN2O2S. The second kappa shape index (κ2) is 5.87. The first-order valence-corrected chi connectivity index (χ1v) is 7.70. The van der Waals surface area contributed by atoms with Crippen molar-refractivity contribution in [3.8, 4) is 17.2 Å². The minimum Gasteiger partial charge on any atom is -0.489 e. The zero-order chi connectivity index (χ0) is 14.8. The molecule has 2 heterocycles. The van der Waals surface area contributed by atoms with Crippen LogP contribution in [0.5, 0.6) is 5.75 Å². The fourth-order valence-electron chi connectivity index (χ4n) is 1.87. The monoisotopic (exact) mass is 320 g/mol. The Balaban J connectivity index is 1.83.